The number of aliphatic hydroxyl groups is 1. The van der Waals surface area contributed by atoms with Gasteiger partial charge in [-0.05, 0) is 44.6 Å². The third kappa shape index (κ3) is 3.98. The second-order valence-electron chi connectivity index (χ2n) is 6.90. The second kappa shape index (κ2) is 7.83. The van der Waals surface area contributed by atoms with Crippen LogP contribution in [-0.4, -0.2) is 53.8 Å². The summed E-state index contributed by atoms with van der Waals surface area (Å²) in [6.07, 6.45) is 4.19. The van der Waals surface area contributed by atoms with Gasteiger partial charge in [-0.25, -0.2) is 9.78 Å². The van der Waals surface area contributed by atoms with E-state index in [4.69, 9.17) is 4.98 Å². The van der Waals surface area contributed by atoms with E-state index in [2.05, 4.69) is 16.3 Å². The lowest BCUT2D eigenvalue weighted by molar-refractivity contribution is 0.137. The van der Waals surface area contributed by atoms with Gasteiger partial charge >= 0.3 is 6.03 Å². The van der Waals surface area contributed by atoms with Gasteiger partial charge in [0.2, 0.25) is 0 Å². The predicted octanol–water partition coefficient (Wildman–Crippen LogP) is 1.90. The SMILES string of the molecule is Cc1ccc(CNC(=O)N2CCC(CO)CC2)c(N2CCCC2)n1. The number of aryl methyl sites for hydroxylation is 1. The number of likely N-dealkylation sites (tertiary alicyclic amines) is 1. The Kier molecular flexibility index (Phi) is 5.56. The van der Waals surface area contributed by atoms with Crippen molar-refractivity contribution in [3.05, 3.63) is 23.4 Å². The molecule has 24 heavy (non-hydrogen) atoms. The second-order valence-corrected chi connectivity index (χ2v) is 6.90. The Balaban J connectivity index is 1.59. The Labute approximate surface area is 143 Å². The van der Waals surface area contributed by atoms with Gasteiger partial charge in [-0.2, -0.15) is 0 Å². The molecule has 0 aliphatic carbocycles. The number of carbonyl (C=O) groups excluding carboxylic acids is 1. The summed E-state index contributed by atoms with van der Waals surface area (Å²) in [5, 5.41) is 12.2. The van der Waals surface area contributed by atoms with Crippen molar-refractivity contribution in [2.75, 3.05) is 37.7 Å². The first kappa shape index (κ1) is 17.0. The first-order valence-corrected chi connectivity index (χ1v) is 9.02. The highest BCUT2D eigenvalue weighted by molar-refractivity contribution is 5.74. The molecule has 0 saturated carbocycles. The van der Waals surface area contributed by atoms with Gasteiger partial charge in [0.15, 0.2) is 0 Å². The quantitative estimate of drug-likeness (QED) is 0.884. The topological polar surface area (TPSA) is 68.7 Å². The van der Waals surface area contributed by atoms with E-state index in [0.717, 1.165) is 56.1 Å². The number of anilines is 1. The van der Waals surface area contributed by atoms with E-state index in [0.29, 0.717) is 12.5 Å². The Hall–Kier alpha value is -1.82. The molecule has 2 saturated heterocycles. The minimum absolute atomic E-state index is 0.0145. The molecule has 0 aromatic carbocycles. The van der Waals surface area contributed by atoms with Crippen LogP contribution in [0.2, 0.25) is 0 Å². The zero-order valence-electron chi connectivity index (χ0n) is 14.5. The summed E-state index contributed by atoms with van der Waals surface area (Å²) in [4.78, 5) is 21.3. The highest BCUT2D eigenvalue weighted by Gasteiger charge is 2.23. The molecule has 6 heteroatoms. The molecule has 2 N–H and O–H groups in total. The van der Waals surface area contributed by atoms with Crippen LogP contribution in [0.15, 0.2) is 12.1 Å². The average molecular weight is 332 g/mol. The lowest BCUT2D eigenvalue weighted by atomic mass is 9.98. The minimum Gasteiger partial charge on any atom is -0.396 e. The zero-order valence-corrected chi connectivity index (χ0v) is 14.5. The van der Waals surface area contributed by atoms with Crippen molar-refractivity contribution >= 4 is 11.8 Å². The van der Waals surface area contributed by atoms with E-state index in [-0.39, 0.29) is 12.6 Å². The van der Waals surface area contributed by atoms with Crippen molar-refractivity contribution in [3.63, 3.8) is 0 Å². The predicted molar refractivity (Wildman–Crippen MR) is 94.0 cm³/mol. The zero-order chi connectivity index (χ0) is 16.9. The fraction of sp³-hybridized carbons (Fsp3) is 0.667. The smallest absolute Gasteiger partial charge is 0.317 e. The summed E-state index contributed by atoms with van der Waals surface area (Å²) in [7, 11) is 0. The summed E-state index contributed by atoms with van der Waals surface area (Å²) in [6, 6.07) is 4.07. The van der Waals surface area contributed by atoms with Crippen LogP contribution in [0, 0.1) is 12.8 Å². The van der Waals surface area contributed by atoms with Crippen molar-refractivity contribution in [1.29, 1.82) is 0 Å². The Morgan fingerprint density at radius 2 is 1.96 bits per heavy atom. The molecule has 0 radical (unpaired) electrons. The van der Waals surface area contributed by atoms with Crippen LogP contribution in [0.25, 0.3) is 0 Å². The summed E-state index contributed by atoms with van der Waals surface area (Å²) in [6.45, 7) is 6.29. The number of pyridine rings is 1. The van der Waals surface area contributed by atoms with Gasteiger partial charge in [0, 0.05) is 50.6 Å². The first-order valence-electron chi connectivity index (χ1n) is 9.02. The van der Waals surface area contributed by atoms with Crippen LogP contribution in [-0.2, 0) is 6.54 Å². The van der Waals surface area contributed by atoms with Crippen molar-refractivity contribution < 1.29 is 9.90 Å². The third-order valence-corrected chi connectivity index (χ3v) is 5.09. The number of aromatic nitrogens is 1. The van der Waals surface area contributed by atoms with Crippen LogP contribution >= 0.6 is 0 Å². The maximum atomic E-state index is 12.4. The average Bonchev–Trinajstić information content (AvgIpc) is 3.15. The largest absolute Gasteiger partial charge is 0.396 e. The van der Waals surface area contributed by atoms with Gasteiger partial charge in [0.05, 0.1) is 0 Å². The van der Waals surface area contributed by atoms with E-state index in [1.165, 1.54) is 12.8 Å². The van der Waals surface area contributed by atoms with Crippen molar-refractivity contribution in [3.8, 4) is 0 Å². The molecule has 132 valence electrons. The number of urea groups is 1. The van der Waals surface area contributed by atoms with Crippen molar-refractivity contribution in [2.24, 2.45) is 5.92 Å². The molecule has 1 aromatic rings. The van der Waals surface area contributed by atoms with Gasteiger partial charge in [-0.3, -0.25) is 0 Å². The standard InChI is InChI=1S/C18H28N4O2/c1-14-4-5-16(17(20-14)21-8-2-3-9-21)12-19-18(24)22-10-6-15(13-23)7-11-22/h4-5,15,23H,2-3,6-13H2,1H3,(H,19,24). The molecule has 0 bridgehead atoms. The summed E-state index contributed by atoms with van der Waals surface area (Å²) >= 11 is 0. The molecule has 3 rings (SSSR count). The van der Waals surface area contributed by atoms with Crippen LogP contribution in [0.3, 0.4) is 0 Å². The molecule has 6 nitrogen and oxygen atoms in total. The number of hydrogen-bond acceptors (Lipinski definition) is 4. The number of nitrogens with one attached hydrogen (secondary N) is 1. The van der Waals surface area contributed by atoms with Crippen LogP contribution in [0.4, 0.5) is 10.6 Å². The monoisotopic (exact) mass is 332 g/mol. The number of aliphatic hydroxyl groups excluding tert-OH is 1. The van der Waals surface area contributed by atoms with Gasteiger partial charge < -0.3 is 20.2 Å². The molecule has 0 unspecified atom stereocenters. The van der Waals surface area contributed by atoms with Gasteiger partial charge in [0.1, 0.15) is 5.82 Å². The molecule has 2 amide bonds. The van der Waals surface area contributed by atoms with E-state index in [9.17, 15) is 9.90 Å². The highest BCUT2D eigenvalue weighted by atomic mass is 16.3. The number of carbonyl (C=O) groups is 1. The summed E-state index contributed by atoms with van der Waals surface area (Å²) < 4.78 is 0. The molecule has 2 aliphatic rings. The van der Waals surface area contributed by atoms with Crippen molar-refractivity contribution in [1.82, 2.24) is 15.2 Å². The lowest BCUT2D eigenvalue weighted by Gasteiger charge is -2.31. The van der Waals surface area contributed by atoms with E-state index in [1.54, 1.807) is 0 Å². The Bertz CT molecular complexity index is 564. The number of amides is 2. The molecular formula is C18H28N4O2. The summed E-state index contributed by atoms with van der Waals surface area (Å²) in [5.74, 6) is 1.36. The van der Waals surface area contributed by atoms with Crippen molar-refractivity contribution in [2.45, 2.75) is 39.2 Å². The van der Waals surface area contributed by atoms with E-state index >= 15 is 0 Å². The van der Waals surface area contributed by atoms with E-state index < -0.39 is 0 Å². The summed E-state index contributed by atoms with van der Waals surface area (Å²) in [5.41, 5.74) is 2.10. The van der Waals surface area contributed by atoms with Gasteiger partial charge in [-0.1, -0.05) is 6.07 Å². The fourth-order valence-electron chi connectivity index (χ4n) is 3.51. The third-order valence-electron chi connectivity index (χ3n) is 5.09. The van der Waals surface area contributed by atoms with Gasteiger partial charge in [0.25, 0.3) is 0 Å². The molecule has 2 fully saturated rings. The van der Waals surface area contributed by atoms with Crippen LogP contribution in [0.1, 0.15) is 36.9 Å². The van der Waals surface area contributed by atoms with Gasteiger partial charge in [-0.15, -0.1) is 0 Å². The number of rotatable bonds is 4. The lowest BCUT2D eigenvalue weighted by Crippen LogP contribution is -2.44. The fourth-order valence-corrected chi connectivity index (χ4v) is 3.51. The van der Waals surface area contributed by atoms with E-state index in [1.807, 2.05) is 17.9 Å². The number of piperidine rings is 1. The molecular weight excluding hydrogens is 304 g/mol. The first-order chi connectivity index (χ1) is 11.7. The maximum absolute atomic E-state index is 12.4. The molecule has 0 spiro atoms. The molecule has 1 aromatic heterocycles. The molecule has 0 atom stereocenters. The maximum Gasteiger partial charge on any atom is 0.317 e. The minimum atomic E-state index is -0.0145. The Morgan fingerprint density at radius 1 is 1.25 bits per heavy atom. The Morgan fingerprint density at radius 3 is 2.62 bits per heavy atom. The van der Waals surface area contributed by atoms with Crippen LogP contribution in [0.5, 0.6) is 0 Å². The van der Waals surface area contributed by atoms with Crippen LogP contribution < -0.4 is 10.2 Å². The highest BCUT2D eigenvalue weighted by Crippen LogP contribution is 2.23. The molecule has 2 aliphatic heterocycles. The normalized spacial score (nSPS) is 18.9. The number of nitrogens with zero attached hydrogens (tertiary/aromatic N) is 3. The number of hydrogen-bond donors (Lipinski definition) is 2. The molecule has 3 heterocycles.